The van der Waals surface area contributed by atoms with Crippen molar-refractivity contribution in [2.75, 3.05) is 29.0 Å². The van der Waals surface area contributed by atoms with Crippen LogP contribution in [0, 0.1) is 17.6 Å². The van der Waals surface area contributed by atoms with Crippen molar-refractivity contribution in [2.24, 2.45) is 11.7 Å². The van der Waals surface area contributed by atoms with Crippen LogP contribution in [-0.4, -0.2) is 40.1 Å². The molecule has 35 heavy (non-hydrogen) atoms. The third kappa shape index (κ3) is 4.35. The lowest BCUT2D eigenvalue weighted by atomic mass is 9.95. The van der Waals surface area contributed by atoms with Gasteiger partial charge in [0.1, 0.15) is 21.6 Å². The zero-order valence-corrected chi connectivity index (χ0v) is 19.9. The number of aliphatic hydroxyl groups is 1. The molecule has 0 radical (unpaired) electrons. The highest BCUT2D eigenvalue weighted by Gasteiger charge is 2.33. The number of hydrogen-bond acceptors (Lipinski definition) is 8. The minimum Gasteiger partial charge on any atom is -0.389 e. The Morgan fingerprint density at radius 3 is 2.74 bits per heavy atom. The van der Waals surface area contributed by atoms with Crippen LogP contribution in [0.3, 0.4) is 0 Å². The number of piperidine rings is 1. The monoisotopic (exact) mass is 500 g/mol. The molecule has 0 bridgehead atoms. The van der Waals surface area contributed by atoms with Gasteiger partial charge in [0, 0.05) is 24.7 Å². The minimum atomic E-state index is -0.787. The Kier molecular flexibility index (Phi) is 6.16. The van der Waals surface area contributed by atoms with Gasteiger partial charge in [-0.25, -0.2) is 13.8 Å². The Labute approximate surface area is 205 Å². The van der Waals surface area contributed by atoms with Gasteiger partial charge >= 0.3 is 0 Å². The number of halogens is 2. The molecule has 2 aliphatic rings. The molecule has 1 saturated heterocycles. The van der Waals surface area contributed by atoms with Gasteiger partial charge in [-0.3, -0.25) is 9.78 Å². The summed E-state index contributed by atoms with van der Waals surface area (Å²) in [7, 11) is 0. The summed E-state index contributed by atoms with van der Waals surface area (Å²) in [4.78, 5) is 23.9. The molecule has 1 aliphatic heterocycles. The number of hydrogen-bond donors (Lipinski definition) is 4. The first kappa shape index (κ1) is 23.6. The van der Waals surface area contributed by atoms with Crippen molar-refractivity contribution in [3.63, 3.8) is 0 Å². The number of thiazole rings is 1. The van der Waals surface area contributed by atoms with Crippen LogP contribution in [0.4, 0.5) is 25.2 Å². The van der Waals surface area contributed by atoms with Crippen LogP contribution in [0.25, 0.3) is 10.6 Å². The van der Waals surface area contributed by atoms with E-state index in [1.54, 1.807) is 0 Å². The van der Waals surface area contributed by atoms with Gasteiger partial charge in [-0.05, 0) is 37.3 Å². The zero-order valence-electron chi connectivity index (χ0n) is 19.1. The number of aliphatic hydroxyl groups excluding tert-OH is 1. The highest BCUT2D eigenvalue weighted by molar-refractivity contribution is 7.19. The molecule has 3 aromatic rings. The third-order valence-electron chi connectivity index (χ3n) is 6.47. The van der Waals surface area contributed by atoms with Crippen LogP contribution in [0.1, 0.15) is 47.6 Å². The fourth-order valence-electron chi connectivity index (χ4n) is 5.03. The maximum Gasteiger partial charge on any atom is 0.277 e. The van der Waals surface area contributed by atoms with Crippen LogP contribution in [-0.2, 0) is 6.42 Å². The molecule has 1 aromatic carbocycles. The second-order valence-corrected chi connectivity index (χ2v) is 10.3. The molecule has 1 aliphatic carbocycles. The smallest absolute Gasteiger partial charge is 0.277 e. The summed E-state index contributed by atoms with van der Waals surface area (Å²) in [6.07, 6.45) is 2.94. The molecule has 1 fully saturated rings. The fraction of sp³-hybridized carbons (Fsp3) is 0.375. The first-order valence-electron chi connectivity index (χ1n) is 11.4. The Bertz CT molecular complexity index is 1270. The molecule has 3 atom stereocenters. The Balaban J connectivity index is 1.50. The van der Waals surface area contributed by atoms with E-state index in [0.717, 1.165) is 47.7 Å². The van der Waals surface area contributed by atoms with Crippen molar-refractivity contribution in [3.8, 4) is 10.6 Å². The number of pyridine rings is 1. The third-order valence-corrected chi connectivity index (χ3v) is 7.37. The summed E-state index contributed by atoms with van der Waals surface area (Å²) < 4.78 is 28.5. The Hall–Kier alpha value is -3.15. The zero-order chi connectivity index (χ0) is 24.9. The van der Waals surface area contributed by atoms with E-state index >= 15 is 0 Å². The van der Waals surface area contributed by atoms with Gasteiger partial charge in [-0.2, -0.15) is 0 Å². The highest BCUT2D eigenvalue weighted by Crippen LogP contribution is 2.42. The number of carbonyl (C=O) groups is 1. The van der Waals surface area contributed by atoms with E-state index in [2.05, 4.69) is 27.1 Å². The molecule has 11 heteroatoms. The highest BCUT2D eigenvalue weighted by atomic mass is 32.1. The number of nitrogen functional groups attached to an aromatic ring is 1. The predicted molar refractivity (Wildman–Crippen MR) is 131 cm³/mol. The van der Waals surface area contributed by atoms with Crippen molar-refractivity contribution in [2.45, 2.75) is 38.3 Å². The molecule has 1 unspecified atom stereocenters. The average molecular weight is 501 g/mol. The van der Waals surface area contributed by atoms with Gasteiger partial charge in [0.2, 0.25) is 0 Å². The number of carbonyl (C=O) groups excluding carboxylic acids is 1. The molecule has 3 heterocycles. The van der Waals surface area contributed by atoms with E-state index < -0.39 is 23.6 Å². The van der Waals surface area contributed by atoms with E-state index in [4.69, 9.17) is 11.5 Å². The van der Waals surface area contributed by atoms with Crippen molar-refractivity contribution in [1.82, 2.24) is 9.97 Å². The van der Waals surface area contributed by atoms with Gasteiger partial charge in [0.15, 0.2) is 5.69 Å². The first-order chi connectivity index (χ1) is 16.7. The molecule has 0 spiro atoms. The van der Waals surface area contributed by atoms with Gasteiger partial charge in [-0.15, -0.1) is 0 Å². The van der Waals surface area contributed by atoms with Crippen LogP contribution < -0.4 is 21.7 Å². The van der Waals surface area contributed by atoms with Crippen LogP contribution in [0.2, 0.25) is 0 Å². The largest absolute Gasteiger partial charge is 0.389 e. The number of aromatic nitrogens is 2. The lowest BCUT2D eigenvalue weighted by Gasteiger charge is -2.38. The number of nitrogens with two attached hydrogens (primary N) is 2. The molecular formula is C24H26F2N6O2S. The number of rotatable bonds is 4. The topological polar surface area (TPSA) is 130 Å². The van der Waals surface area contributed by atoms with E-state index in [-0.39, 0.29) is 27.3 Å². The standard InChI is InChI=1S/C24H26F2N6O2S/c1-11-7-12(27)10-32(9-11)21-13-5-6-17(33)19(13)29-8-16(21)30-23(34)20-22(28)35-24(31-20)18-14(25)3-2-4-15(18)26/h2-4,8,11-12,17,33H,5-7,9-10,27-28H2,1H3,(H,30,34)/t11-,12+,17?/m1/s1. The molecule has 8 nitrogen and oxygen atoms in total. The Morgan fingerprint density at radius 2 is 2.03 bits per heavy atom. The normalized spacial score (nSPS) is 21.7. The SMILES string of the molecule is C[C@@H]1C[C@H](N)CN(c2c(NC(=O)c3nc(-c4c(F)cccc4F)sc3N)cnc3c2CCC3O)C1. The molecule has 2 aromatic heterocycles. The lowest BCUT2D eigenvalue weighted by molar-refractivity contribution is 0.102. The second-order valence-electron chi connectivity index (χ2n) is 9.23. The number of anilines is 3. The number of fused-ring (bicyclic) bond motifs is 1. The maximum atomic E-state index is 14.2. The quantitative estimate of drug-likeness (QED) is 0.431. The van der Waals surface area contributed by atoms with Crippen molar-refractivity contribution in [3.05, 3.63) is 53.0 Å². The summed E-state index contributed by atoms with van der Waals surface area (Å²) in [6, 6.07) is 3.48. The van der Waals surface area contributed by atoms with Gasteiger partial charge in [0.25, 0.3) is 5.91 Å². The minimum absolute atomic E-state index is 0.0190. The molecule has 5 rings (SSSR count). The van der Waals surface area contributed by atoms with E-state index in [1.165, 1.54) is 12.3 Å². The summed E-state index contributed by atoms with van der Waals surface area (Å²) >= 11 is 0.838. The first-order valence-corrected chi connectivity index (χ1v) is 12.3. The van der Waals surface area contributed by atoms with Crippen molar-refractivity contribution < 1.29 is 18.7 Å². The summed E-state index contributed by atoms with van der Waals surface area (Å²) in [5.74, 6) is -1.84. The van der Waals surface area contributed by atoms with E-state index in [9.17, 15) is 18.7 Å². The van der Waals surface area contributed by atoms with Gasteiger partial charge < -0.3 is 26.8 Å². The summed E-state index contributed by atoms with van der Waals surface area (Å²) in [6.45, 7) is 3.48. The molecule has 184 valence electrons. The summed E-state index contributed by atoms with van der Waals surface area (Å²) in [5, 5.41) is 13.2. The van der Waals surface area contributed by atoms with Crippen molar-refractivity contribution >= 4 is 33.6 Å². The number of benzene rings is 1. The van der Waals surface area contributed by atoms with E-state index in [1.807, 2.05) is 0 Å². The van der Waals surface area contributed by atoms with Crippen LogP contribution in [0.15, 0.2) is 24.4 Å². The van der Waals surface area contributed by atoms with Gasteiger partial charge in [-0.1, -0.05) is 24.3 Å². The molecule has 1 amide bonds. The molecule has 6 N–H and O–H groups in total. The summed E-state index contributed by atoms with van der Waals surface area (Å²) in [5.41, 5.74) is 14.6. The number of amides is 1. The number of nitrogens with zero attached hydrogens (tertiary/aromatic N) is 3. The Morgan fingerprint density at radius 1 is 1.29 bits per heavy atom. The molecular weight excluding hydrogens is 474 g/mol. The van der Waals surface area contributed by atoms with Crippen LogP contribution in [0.5, 0.6) is 0 Å². The fourth-order valence-corrected chi connectivity index (χ4v) is 5.91. The second kappa shape index (κ2) is 9.14. The van der Waals surface area contributed by atoms with Crippen LogP contribution >= 0.6 is 11.3 Å². The van der Waals surface area contributed by atoms with E-state index in [0.29, 0.717) is 36.7 Å². The van der Waals surface area contributed by atoms with Gasteiger partial charge in [0.05, 0.1) is 34.9 Å². The van der Waals surface area contributed by atoms with Crippen molar-refractivity contribution in [1.29, 1.82) is 0 Å². The maximum absolute atomic E-state index is 14.2. The predicted octanol–water partition coefficient (Wildman–Crippen LogP) is 3.47. The molecule has 0 saturated carbocycles. The number of nitrogens with one attached hydrogen (secondary N) is 1. The average Bonchev–Trinajstić information content (AvgIpc) is 3.35. The lowest BCUT2D eigenvalue weighted by Crippen LogP contribution is -2.47.